The van der Waals surface area contributed by atoms with E-state index in [1.165, 1.54) is 0 Å². The van der Waals surface area contributed by atoms with Crippen LogP contribution in [0, 0.1) is 5.92 Å². The molecule has 3 saturated heterocycles. The molecule has 5 nitrogen and oxygen atoms in total. The number of ether oxygens (including phenoxy) is 3. The molecule has 0 aromatic carbocycles. The zero-order valence-corrected chi connectivity index (χ0v) is 11.8. The monoisotopic (exact) mass is 270 g/mol. The van der Waals surface area contributed by atoms with E-state index in [0.29, 0.717) is 5.92 Å². The first-order chi connectivity index (χ1) is 9.19. The van der Waals surface area contributed by atoms with E-state index >= 15 is 0 Å². The smallest absolute Gasteiger partial charge is 0.0939 e. The van der Waals surface area contributed by atoms with E-state index < -0.39 is 0 Å². The zero-order chi connectivity index (χ0) is 13.3. The summed E-state index contributed by atoms with van der Waals surface area (Å²) in [4.78, 5) is 2.31. The molecule has 0 saturated carbocycles. The largest absolute Gasteiger partial charge is 0.378 e. The minimum absolute atomic E-state index is 0.0545. The third-order valence-corrected chi connectivity index (χ3v) is 4.87. The van der Waals surface area contributed by atoms with Gasteiger partial charge in [0.05, 0.1) is 24.9 Å². The Morgan fingerprint density at radius 1 is 1.32 bits per heavy atom. The van der Waals surface area contributed by atoms with Crippen LogP contribution >= 0.6 is 0 Å². The Kier molecular flexibility index (Phi) is 4.10. The van der Waals surface area contributed by atoms with Crippen LogP contribution < -0.4 is 5.73 Å². The minimum Gasteiger partial charge on any atom is -0.378 e. The Hall–Kier alpha value is -0.200. The standard InChI is InChI=1S/C14H26N2O3/c1-16-4-7-18-12(9-16)13(15)11-2-5-19-14(8-11)3-6-17-10-14/h11-13H,2-10,15H2,1H3. The molecule has 3 fully saturated rings. The van der Waals surface area contributed by atoms with E-state index in [2.05, 4.69) is 11.9 Å². The van der Waals surface area contributed by atoms with Crippen LogP contribution in [0.2, 0.25) is 0 Å². The van der Waals surface area contributed by atoms with Crippen molar-refractivity contribution >= 4 is 0 Å². The Balaban J connectivity index is 1.61. The normalized spacial score (nSPS) is 42.6. The summed E-state index contributed by atoms with van der Waals surface area (Å²) in [5.41, 5.74) is 6.43. The number of nitrogens with two attached hydrogens (primary N) is 1. The van der Waals surface area contributed by atoms with Gasteiger partial charge in [0.15, 0.2) is 0 Å². The minimum atomic E-state index is -0.0545. The van der Waals surface area contributed by atoms with E-state index in [1.807, 2.05) is 0 Å². The summed E-state index contributed by atoms with van der Waals surface area (Å²) in [6, 6.07) is 0.115. The van der Waals surface area contributed by atoms with Gasteiger partial charge in [-0.2, -0.15) is 0 Å². The topological polar surface area (TPSA) is 57.0 Å². The first kappa shape index (κ1) is 13.8. The van der Waals surface area contributed by atoms with Crippen LogP contribution in [0.25, 0.3) is 0 Å². The molecule has 3 rings (SSSR count). The lowest BCUT2D eigenvalue weighted by Crippen LogP contribution is -2.55. The van der Waals surface area contributed by atoms with Crippen molar-refractivity contribution in [3.05, 3.63) is 0 Å². The van der Waals surface area contributed by atoms with Gasteiger partial charge in [-0.25, -0.2) is 0 Å². The SMILES string of the molecule is CN1CCOC(C(N)C2CCOC3(CCOC3)C2)C1. The Morgan fingerprint density at radius 2 is 2.21 bits per heavy atom. The fourth-order valence-corrected chi connectivity index (χ4v) is 3.60. The quantitative estimate of drug-likeness (QED) is 0.778. The summed E-state index contributed by atoms with van der Waals surface area (Å²) in [7, 11) is 2.14. The number of morpholine rings is 1. The first-order valence-electron chi connectivity index (χ1n) is 7.46. The summed E-state index contributed by atoms with van der Waals surface area (Å²) >= 11 is 0. The molecular formula is C14H26N2O3. The molecule has 0 aromatic rings. The van der Waals surface area contributed by atoms with Crippen LogP contribution in [-0.2, 0) is 14.2 Å². The molecule has 0 amide bonds. The second-order valence-corrected chi connectivity index (χ2v) is 6.34. The van der Waals surface area contributed by atoms with Gasteiger partial charge in [-0.15, -0.1) is 0 Å². The lowest BCUT2D eigenvalue weighted by Gasteiger charge is -2.43. The predicted molar refractivity (Wildman–Crippen MR) is 72.1 cm³/mol. The molecule has 2 N–H and O–H groups in total. The molecule has 0 aliphatic carbocycles. The average molecular weight is 270 g/mol. The van der Waals surface area contributed by atoms with Crippen molar-refractivity contribution in [2.45, 2.75) is 37.0 Å². The van der Waals surface area contributed by atoms with Crippen LogP contribution in [0.3, 0.4) is 0 Å². The van der Waals surface area contributed by atoms with Gasteiger partial charge in [0, 0.05) is 38.8 Å². The Labute approximate surface area is 115 Å². The number of hydrogen-bond donors (Lipinski definition) is 1. The number of hydrogen-bond acceptors (Lipinski definition) is 5. The maximum absolute atomic E-state index is 6.49. The van der Waals surface area contributed by atoms with E-state index in [-0.39, 0.29) is 17.7 Å². The van der Waals surface area contributed by atoms with Gasteiger partial charge < -0.3 is 24.8 Å². The van der Waals surface area contributed by atoms with Gasteiger partial charge in [-0.3, -0.25) is 0 Å². The number of likely N-dealkylation sites (N-methyl/N-ethyl adjacent to an activating group) is 1. The molecule has 19 heavy (non-hydrogen) atoms. The van der Waals surface area contributed by atoms with Crippen LogP contribution in [-0.4, -0.2) is 69.2 Å². The summed E-state index contributed by atoms with van der Waals surface area (Å²) in [6.07, 6.45) is 3.26. The summed E-state index contributed by atoms with van der Waals surface area (Å²) < 4.78 is 17.4. The lowest BCUT2D eigenvalue weighted by molar-refractivity contribution is -0.115. The van der Waals surface area contributed by atoms with E-state index in [1.54, 1.807) is 0 Å². The Bertz CT molecular complexity index is 307. The first-order valence-corrected chi connectivity index (χ1v) is 7.46. The highest BCUT2D eigenvalue weighted by molar-refractivity contribution is 4.95. The summed E-state index contributed by atoms with van der Waals surface area (Å²) in [6.45, 7) is 5.12. The maximum atomic E-state index is 6.49. The maximum Gasteiger partial charge on any atom is 0.0939 e. The molecule has 4 atom stereocenters. The predicted octanol–water partition coefficient (Wildman–Crippen LogP) is 0.230. The van der Waals surface area contributed by atoms with E-state index in [9.17, 15) is 0 Å². The number of rotatable bonds is 2. The molecule has 3 aliphatic heterocycles. The van der Waals surface area contributed by atoms with Crippen molar-refractivity contribution < 1.29 is 14.2 Å². The molecule has 5 heteroatoms. The second kappa shape index (κ2) is 5.66. The van der Waals surface area contributed by atoms with Gasteiger partial charge in [-0.1, -0.05) is 0 Å². The molecular weight excluding hydrogens is 244 g/mol. The van der Waals surface area contributed by atoms with Gasteiger partial charge in [0.1, 0.15) is 0 Å². The average Bonchev–Trinajstić information content (AvgIpc) is 2.86. The molecule has 0 bridgehead atoms. The van der Waals surface area contributed by atoms with Crippen molar-refractivity contribution in [3.8, 4) is 0 Å². The fourth-order valence-electron chi connectivity index (χ4n) is 3.60. The third kappa shape index (κ3) is 2.95. The van der Waals surface area contributed by atoms with Crippen molar-refractivity contribution in [2.75, 3.05) is 46.6 Å². The third-order valence-electron chi connectivity index (χ3n) is 4.87. The van der Waals surface area contributed by atoms with Crippen LogP contribution in [0.15, 0.2) is 0 Å². The van der Waals surface area contributed by atoms with Gasteiger partial charge in [0.25, 0.3) is 0 Å². The van der Waals surface area contributed by atoms with Crippen molar-refractivity contribution in [3.63, 3.8) is 0 Å². The van der Waals surface area contributed by atoms with Crippen molar-refractivity contribution in [1.82, 2.24) is 4.90 Å². The van der Waals surface area contributed by atoms with Crippen LogP contribution in [0.1, 0.15) is 19.3 Å². The highest BCUT2D eigenvalue weighted by atomic mass is 16.6. The molecule has 0 radical (unpaired) electrons. The van der Waals surface area contributed by atoms with Gasteiger partial charge in [-0.05, 0) is 25.8 Å². The molecule has 1 spiro atoms. The van der Waals surface area contributed by atoms with Crippen LogP contribution in [0.5, 0.6) is 0 Å². The number of nitrogens with zero attached hydrogens (tertiary/aromatic N) is 1. The van der Waals surface area contributed by atoms with E-state index in [4.69, 9.17) is 19.9 Å². The lowest BCUT2D eigenvalue weighted by atomic mass is 9.79. The molecule has 4 unspecified atom stereocenters. The highest BCUT2D eigenvalue weighted by Crippen LogP contribution is 2.37. The molecule has 3 heterocycles. The molecule has 110 valence electrons. The Morgan fingerprint density at radius 3 is 2.95 bits per heavy atom. The summed E-state index contributed by atoms with van der Waals surface area (Å²) in [5, 5.41) is 0. The summed E-state index contributed by atoms with van der Waals surface area (Å²) in [5.74, 6) is 0.493. The molecule has 3 aliphatic rings. The van der Waals surface area contributed by atoms with Crippen LogP contribution in [0.4, 0.5) is 0 Å². The van der Waals surface area contributed by atoms with Gasteiger partial charge >= 0.3 is 0 Å². The zero-order valence-electron chi connectivity index (χ0n) is 11.8. The fraction of sp³-hybridized carbons (Fsp3) is 1.00. The second-order valence-electron chi connectivity index (χ2n) is 6.34. The highest BCUT2D eigenvalue weighted by Gasteiger charge is 2.44. The van der Waals surface area contributed by atoms with Crippen molar-refractivity contribution in [1.29, 1.82) is 0 Å². The van der Waals surface area contributed by atoms with Crippen molar-refractivity contribution in [2.24, 2.45) is 11.7 Å². The van der Waals surface area contributed by atoms with Gasteiger partial charge in [0.2, 0.25) is 0 Å². The molecule has 0 aromatic heterocycles. The van der Waals surface area contributed by atoms with E-state index in [0.717, 1.165) is 58.8 Å².